The van der Waals surface area contributed by atoms with Gasteiger partial charge < -0.3 is 5.11 Å². The number of likely N-dealkylation sites (tertiary alicyclic amines) is 1. The van der Waals surface area contributed by atoms with E-state index in [1.165, 1.54) is 18.0 Å². The Kier molecular flexibility index (Phi) is 4.82. The largest absolute Gasteiger partial charge is 0.395 e. The second kappa shape index (κ2) is 6.38. The lowest BCUT2D eigenvalue weighted by atomic mass is 10.0. The monoisotopic (exact) mass is 263 g/mol. The summed E-state index contributed by atoms with van der Waals surface area (Å²) in [6, 6.07) is 4.27. The standard InChI is InChI=1S/C15H21NOS/c1-12-9-16(10-13(12)2)11-15-7-6-14(18-15)5-3-4-8-17/h6-7,12-13,17H,4,8-11H2,1-2H3. The van der Waals surface area contributed by atoms with Crippen molar-refractivity contribution in [2.75, 3.05) is 19.7 Å². The van der Waals surface area contributed by atoms with E-state index in [0.717, 1.165) is 23.3 Å². The fourth-order valence-electron chi connectivity index (χ4n) is 2.33. The molecule has 98 valence electrons. The van der Waals surface area contributed by atoms with Crippen LogP contribution in [-0.2, 0) is 6.54 Å². The van der Waals surface area contributed by atoms with Gasteiger partial charge in [0.2, 0.25) is 0 Å². The van der Waals surface area contributed by atoms with Gasteiger partial charge in [0.15, 0.2) is 0 Å². The summed E-state index contributed by atoms with van der Waals surface area (Å²) >= 11 is 1.78. The molecule has 2 unspecified atom stereocenters. The molecule has 2 heterocycles. The molecule has 0 bridgehead atoms. The summed E-state index contributed by atoms with van der Waals surface area (Å²) in [5.74, 6) is 7.70. The molecule has 1 saturated heterocycles. The van der Waals surface area contributed by atoms with Gasteiger partial charge in [0.25, 0.3) is 0 Å². The molecule has 2 atom stereocenters. The van der Waals surface area contributed by atoms with E-state index in [9.17, 15) is 0 Å². The number of rotatable bonds is 3. The van der Waals surface area contributed by atoms with Crippen LogP contribution >= 0.6 is 11.3 Å². The third-order valence-corrected chi connectivity index (χ3v) is 4.54. The maximum atomic E-state index is 8.68. The van der Waals surface area contributed by atoms with Gasteiger partial charge in [0.1, 0.15) is 0 Å². The number of thiophene rings is 1. The Morgan fingerprint density at radius 2 is 2.06 bits per heavy atom. The molecule has 1 N–H and O–H groups in total. The Morgan fingerprint density at radius 1 is 1.33 bits per heavy atom. The number of aliphatic hydroxyl groups excluding tert-OH is 1. The summed E-state index contributed by atoms with van der Waals surface area (Å²) in [5.41, 5.74) is 0. The van der Waals surface area contributed by atoms with E-state index in [4.69, 9.17) is 5.11 Å². The molecule has 0 amide bonds. The Hall–Kier alpha value is -0.820. The van der Waals surface area contributed by atoms with Crippen molar-refractivity contribution in [3.63, 3.8) is 0 Å². The lowest BCUT2D eigenvalue weighted by molar-refractivity contribution is 0.305. The summed E-state index contributed by atoms with van der Waals surface area (Å²) in [6.45, 7) is 8.31. The van der Waals surface area contributed by atoms with Crippen molar-refractivity contribution in [1.82, 2.24) is 4.90 Å². The van der Waals surface area contributed by atoms with Crippen LogP contribution in [0, 0.1) is 23.7 Å². The van der Waals surface area contributed by atoms with Crippen LogP contribution in [-0.4, -0.2) is 29.7 Å². The second-order valence-corrected chi connectivity index (χ2v) is 6.36. The summed E-state index contributed by atoms with van der Waals surface area (Å²) < 4.78 is 0. The SMILES string of the molecule is CC1CN(Cc2ccc(C#CCCO)s2)CC1C. The van der Waals surface area contributed by atoms with Crippen molar-refractivity contribution >= 4 is 11.3 Å². The first-order valence-corrected chi connectivity index (χ1v) is 7.41. The van der Waals surface area contributed by atoms with Crippen molar-refractivity contribution in [2.45, 2.75) is 26.8 Å². The molecular formula is C15H21NOS. The van der Waals surface area contributed by atoms with Crippen LogP contribution in [0.25, 0.3) is 0 Å². The molecule has 1 aromatic rings. The summed E-state index contributed by atoms with van der Waals surface area (Å²) in [6.07, 6.45) is 0.564. The number of nitrogens with zero attached hydrogens (tertiary/aromatic N) is 1. The van der Waals surface area contributed by atoms with Crippen LogP contribution in [0.5, 0.6) is 0 Å². The Bertz CT molecular complexity index is 433. The van der Waals surface area contributed by atoms with E-state index in [1.807, 2.05) is 0 Å². The summed E-state index contributed by atoms with van der Waals surface area (Å²) in [7, 11) is 0. The second-order valence-electron chi connectivity index (χ2n) is 5.19. The zero-order valence-corrected chi connectivity index (χ0v) is 12.0. The van der Waals surface area contributed by atoms with Gasteiger partial charge in [0.05, 0.1) is 11.5 Å². The fourth-order valence-corrected chi connectivity index (χ4v) is 3.26. The first-order valence-electron chi connectivity index (χ1n) is 6.60. The van der Waals surface area contributed by atoms with Gasteiger partial charge in [-0.25, -0.2) is 0 Å². The predicted molar refractivity (Wildman–Crippen MR) is 76.5 cm³/mol. The molecule has 0 radical (unpaired) electrons. The summed E-state index contributed by atoms with van der Waals surface area (Å²) in [4.78, 5) is 5.04. The normalized spacial score (nSPS) is 23.9. The van der Waals surface area contributed by atoms with E-state index in [-0.39, 0.29) is 6.61 Å². The molecule has 2 rings (SSSR count). The summed E-state index contributed by atoms with van der Waals surface area (Å²) in [5, 5.41) is 8.68. The molecule has 0 aliphatic carbocycles. The highest BCUT2D eigenvalue weighted by molar-refractivity contribution is 7.12. The fraction of sp³-hybridized carbons (Fsp3) is 0.600. The molecule has 1 aromatic heterocycles. The highest BCUT2D eigenvalue weighted by Gasteiger charge is 2.25. The average molecular weight is 263 g/mol. The highest BCUT2D eigenvalue weighted by Crippen LogP contribution is 2.25. The molecular weight excluding hydrogens is 242 g/mol. The highest BCUT2D eigenvalue weighted by atomic mass is 32.1. The van der Waals surface area contributed by atoms with Crippen LogP contribution in [0.15, 0.2) is 12.1 Å². The Labute approximate surface area is 114 Å². The van der Waals surface area contributed by atoms with Crippen LogP contribution in [0.4, 0.5) is 0 Å². The van der Waals surface area contributed by atoms with Crippen LogP contribution in [0.1, 0.15) is 30.0 Å². The zero-order valence-electron chi connectivity index (χ0n) is 11.1. The Balaban J connectivity index is 1.90. The lowest BCUT2D eigenvalue weighted by Gasteiger charge is -2.13. The van der Waals surface area contributed by atoms with Gasteiger partial charge in [-0.05, 0) is 24.0 Å². The molecule has 1 fully saturated rings. The molecule has 2 nitrogen and oxygen atoms in total. The Morgan fingerprint density at radius 3 is 2.72 bits per heavy atom. The maximum absolute atomic E-state index is 8.68. The van der Waals surface area contributed by atoms with Gasteiger partial charge in [-0.2, -0.15) is 0 Å². The van der Waals surface area contributed by atoms with Gasteiger partial charge in [-0.3, -0.25) is 4.90 Å². The van der Waals surface area contributed by atoms with Crippen molar-refractivity contribution in [3.8, 4) is 11.8 Å². The molecule has 0 spiro atoms. The van der Waals surface area contributed by atoms with Crippen molar-refractivity contribution in [2.24, 2.45) is 11.8 Å². The lowest BCUT2D eigenvalue weighted by Crippen LogP contribution is -2.19. The minimum atomic E-state index is 0.148. The first kappa shape index (κ1) is 13.6. The van der Waals surface area contributed by atoms with Crippen molar-refractivity contribution in [1.29, 1.82) is 0 Å². The third kappa shape index (κ3) is 3.58. The maximum Gasteiger partial charge on any atom is 0.0771 e. The zero-order chi connectivity index (χ0) is 13.0. The van der Waals surface area contributed by atoms with Crippen molar-refractivity contribution in [3.05, 3.63) is 21.9 Å². The van der Waals surface area contributed by atoms with Gasteiger partial charge in [-0.1, -0.05) is 25.7 Å². The minimum absolute atomic E-state index is 0.148. The van der Waals surface area contributed by atoms with E-state index in [2.05, 4.69) is 42.7 Å². The molecule has 1 aliphatic rings. The van der Waals surface area contributed by atoms with E-state index < -0.39 is 0 Å². The van der Waals surface area contributed by atoms with E-state index in [0.29, 0.717) is 6.42 Å². The molecule has 1 aliphatic heterocycles. The van der Waals surface area contributed by atoms with E-state index >= 15 is 0 Å². The molecule has 0 saturated carbocycles. The predicted octanol–water partition coefficient (Wildman–Crippen LogP) is 2.57. The van der Waals surface area contributed by atoms with Crippen LogP contribution < -0.4 is 0 Å². The van der Waals surface area contributed by atoms with Gasteiger partial charge in [0, 0.05) is 30.9 Å². The van der Waals surface area contributed by atoms with Gasteiger partial charge >= 0.3 is 0 Å². The first-order chi connectivity index (χ1) is 8.69. The topological polar surface area (TPSA) is 23.5 Å². The van der Waals surface area contributed by atoms with Gasteiger partial charge in [-0.15, -0.1) is 11.3 Å². The van der Waals surface area contributed by atoms with Crippen LogP contribution in [0.3, 0.4) is 0 Å². The number of hydrogen-bond donors (Lipinski definition) is 1. The third-order valence-electron chi connectivity index (χ3n) is 3.55. The smallest absolute Gasteiger partial charge is 0.0771 e. The van der Waals surface area contributed by atoms with Crippen LogP contribution in [0.2, 0.25) is 0 Å². The average Bonchev–Trinajstić information content (AvgIpc) is 2.88. The number of aliphatic hydroxyl groups is 1. The number of hydrogen-bond acceptors (Lipinski definition) is 3. The minimum Gasteiger partial charge on any atom is -0.395 e. The quantitative estimate of drug-likeness (QED) is 0.847. The molecule has 0 aromatic carbocycles. The van der Waals surface area contributed by atoms with Crippen molar-refractivity contribution < 1.29 is 5.11 Å². The van der Waals surface area contributed by atoms with E-state index in [1.54, 1.807) is 11.3 Å². The molecule has 18 heavy (non-hydrogen) atoms. The molecule has 3 heteroatoms.